The number of unbranched alkanes of at least 4 members (excludes halogenated alkanes) is 2. The maximum Gasteiger partial charge on any atom is 0.224 e. The summed E-state index contributed by atoms with van der Waals surface area (Å²) < 4.78 is 12.8. The SMILES string of the molecule is CC(=O)NCCCCCC(=O)Nc1ccc([C@H]2O[C@@H](CSc3ncccn3)C[C@@H](c3ccc(CO)cc3)O2)cc1. The Balaban J connectivity index is 1.35. The maximum atomic E-state index is 12.4. The van der Waals surface area contributed by atoms with E-state index in [9.17, 15) is 14.7 Å². The molecule has 3 N–H and O–H groups in total. The highest BCUT2D eigenvalue weighted by molar-refractivity contribution is 7.99. The van der Waals surface area contributed by atoms with Crippen LogP contribution < -0.4 is 10.6 Å². The first-order chi connectivity index (χ1) is 19.5. The number of anilines is 1. The predicted octanol–water partition coefficient (Wildman–Crippen LogP) is 4.94. The molecule has 0 unspecified atom stereocenters. The summed E-state index contributed by atoms with van der Waals surface area (Å²) in [7, 11) is 0. The zero-order chi connectivity index (χ0) is 28.2. The molecule has 1 aromatic heterocycles. The molecule has 212 valence electrons. The molecule has 1 aliphatic heterocycles. The lowest BCUT2D eigenvalue weighted by atomic mass is 10.0. The van der Waals surface area contributed by atoms with E-state index in [4.69, 9.17) is 9.47 Å². The third-order valence-electron chi connectivity index (χ3n) is 6.48. The van der Waals surface area contributed by atoms with Gasteiger partial charge >= 0.3 is 0 Å². The number of aliphatic hydroxyl groups excluding tert-OH is 1. The van der Waals surface area contributed by atoms with Crippen LogP contribution in [0.1, 0.15) is 68.1 Å². The highest BCUT2D eigenvalue weighted by atomic mass is 32.2. The molecule has 3 atom stereocenters. The van der Waals surface area contributed by atoms with Crippen LogP contribution in [0.15, 0.2) is 72.1 Å². The van der Waals surface area contributed by atoms with Gasteiger partial charge in [-0.3, -0.25) is 9.59 Å². The van der Waals surface area contributed by atoms with Gasteiger partial charge in [-0.25, -0.2) is 9.97 Å². The standard InChI is InChI=1S/C30H36N4O5S/c1-21(36)31-15-4-2-3-6-28(37)34-25-13-11-24(12-14-25)29-38-26(20-40-30-32-16-5-17-33-30)18-27(39-29)23-9-7-22(19-35)8-10-23/h5,7-14,16-17,26-27,29,35H,2-4,6,15,18-20H2,1H3,(H,31,36)(H,34,37)/t26-,27+,29+/m1/s1. The number of hydrogen-bond acceptors (Lipinski definition) is 8. The van der Waals surface area contributed by atoms with Crippen LogP contribution in [-0.4, -0.2) is 45.3 Å². The van der Waals surface area contributed by atoms with Gasteiger partial charge in [0.05, 0.1) is 18.8 Å². The van der Waals surface area contributed by atoms with Gasteiger partial charge in [-0.2, -0.15) is 0 Å². The molecule has 1 aliphatic rings. The Bertz CT molecular complexity index is 1210. The third-order valence-corrected chi connectivity index (χ3v) is 7.48. The molecule has 0 radical (unpaired) electrons. The van der Waals surface area contributed by atoms with Crippen LogP contribution in [0.4, 0.5) is 5.69 Å². The molecule has 0 aliphatic carbocycles. The van der Waals surface area contributed by atoms with Gasteiger partial charge < -0.3 is 25.2 Å². The molecular formula is C30H36N4O5S. The minimum Gasteiger partial charge on any atom is -0.392 e. The number of rotatable bonds is 13. The Morgan fingerprint density at radius 3 is 2.40 bits per heavy atom. The number of nitrogens with zero attached hydrogens (tertiary/aromatic N) is 2. The Morgan fingerprint density at radius 2 is 1.70 bits per heavy atom. The zero-order valence-electron chi connectivity index (χ0n) is 22.6. The van der Waals surface area contributed by atoms with Crippen LogP contribution in [0.5, 0.6) is 0 Å². The molecule has 1 fully saturated rings. The summed E-state index contributed by atoms with van der Waals surface area (Å²) in [6.45, 7) is 2.13. The van der Waals surface area contributed by atoms with Crippen molar-refractivity contribution in [3.8, 4) is 0 Å². The van der Waals surface area contributed by atoms with Crippen molar-refractivity contribution in [2.24, 2.45) is 0 Å². The Labute approximate surface area is 239 Å². The van der Waals surface area contributed by atoms with E-state index in [0.29, 0.717) is 36.0 Å². The van der Waals surface area contributed by atoms with E-state index in [1.807, 2.05) is 48.5 Å². The first kappa shape index (κ1) is 29.7. The summed E-state index contributed by atoms with van der Waals surface area (Å²) in [5, 5.41) is 15.8. The van der Waals surface area contributed by atoms with Crippen molar-refractivity contribution >= 4 is 29.3 Å². The lowest BCUT2D eigenvalue weighted by Gasteiger charge is -2.36. The second-order valence-electron chi connectivity index (χ2n) is 9.66. The quantitative estimate of drug-likeness (QED) is 0.152. The smallest absolute Gasteiger partial charge is 0.224 e. The predicted molar refractivity (Wildman–Crippen MR) is 153 cm³/mol. The monoisotopic (exact) mass is 564 g/mol. The van der Waals surface area contributed by atoms with Crippen LogP contribution in [-0.2, 0) is 25.7 Å². The fourth-order valence-corrected chi connectivity index (χ4v) is 5.17. The largest absolute Gasteiger partial charge is 0.392 e. The van der Waals surface area contributed by atoms with E-state index in [1.54, 1.807) is 30.2 Å². The molecule has 3 aromatic rings. The third kappa shape index (κ3) is 9.41. The van der Waals surface area contributed by atoms with Crippen molar-refractivity contribution in [3.05, 3.63) is 83.7 Å². The molecule has 40 heavy (non-hydrogen) atoms. The average molecular weight is 565 g/mol. The van der Waals surface area contributed by atoms with E-state index in [-0.39, 0.29) is 30.6 Å². The molecule has 0 saturated carbocycles. The fraction of sp³-hybridized carbons (Fsp3) is 0.400. The van der Waals surface area contributed by atoms with Gasteiger partial charge in [0, 0.05) is 55.7 Å². The van der Waals surface area contributed by atoms with E-state index in [0.717, 1.165) is 36.0 Å². The summed E-state index contributed by atoms with van der Waals surface area (Å²) in [5.41, 5.74) is 3.45. The van der Waals surface area contributed by atoms with Gasteiger partial charge in [-0.05, 0) is 42.2 Å². The average Bonchev–Trinajstić information content (AvgIpc) is 2.98. The summed E-state index contributed by atoms with van der Waals surface area (Å²) in [5.74, 6) is 0.603. The number of carbonyl (C=O) groups excluding carboxylic acids is 2. The van der Waals surface area contributed by atoms with E-state index < -0.39 is 6.29 Å². The number of amides is 2. The van der Waals surface area contributed by atoms with Gasteiger partial charge in [-0.15, -0.1) is 0 Å². The van der Waals surface area contributed by atoms with Crippen LogP contribution >= 0.6 is 11.8 Å². The molecule has 0 bridgehead atoms. The fourth-order valence-electron chi connectivity index (χ4n) is 4.35. The molecule has 2 heterocycles. The van der Waals surface area contributed by atoms with Gasteiger partial charge in [0.25, 0.3) is 0 Å². The zero-order valence-corrected chi connectivity index (χ0v) is 23.4. The first-order valence-corrected chi connectivity index (χ1v) is 14.5. The lowest BCUT2D eigenvalue weighted by molar-refractivity contribution is -0.245. The molecule has 4 rings (SSSR count). The lowest BCUT2D eigenvalue weighted by Crippen LogP contribution is -2.31. The Morgan fingerprint density at radius 1 is 0.975 bits per heavy atom. The van der Waals surface area contributed by atoms with Gasteiger partial charge in [-0.1, -0.05) is 54.6 Å². The van der Waals surface area contributed by atoms with Crippen molar-refractivity contribution in [1.82, 2.24) is 15.3 Å². The Hall–Kier alpha value is -3.31. The number of nitrogens with one attached hydrogen (secondary N) is 2. The molecule has 2 amide bonds. The van der Waals surface area contributed by atoms with E-state index in [1.165, 1.54) is 6.92 Å². The maximum absolute atomic E-state index is 12.4. The minimum absolute atomic E-state index is 0.00459. The topological polar surface area (TPSA) is 123 Å². The minimum atomic E-state index is -0.577. The molecule has 1 saturated heterocycles. The van der Waals surface area contributed by atoms with E-state index in [2.05, 4.69) is 20.6 Å². The first-order valence-electron chi connectivity index (χ1n) is 13.5. The molecule has 0 spiro atoms. The summed E-state index contributed by atoms with van der Waals surface area (Å²) in [6, 6.07) is 17.1. The second kappa shape index (κ2) is 15.5. The van der Waals surface area contributed by atoms with E-state index >= 15 is 0 Å². The van der Waals surface area contributed by atoms with Crippen LogP contribution in [0.25, 0.3) is 0 Å². The molecule has 9 nitrogen and oxygen atoms in total. The van der Waals surface area contributed by atoms with Gasteiger partial charge in [0.1, 0.15) is 0 Å². The van der Waals surface area contributed by atoms with Crippen LogP contribution in [0, 0.1) is 0 Å². The van der Waals surface area contributed by atoms with Gasteiger partial charge in [0.2, 0.25) is 11.8 Å². The molecule has 2 aromatic carbocycles. The van der Waals surface area contributed by atoms with Crippen LogP contribution in [0.3, 0.4) is 0 Å². The number of hydrogen-bond donors (Lipinski definition) is 3. The summed E-state index contributed by atoms with van der Waals surface area (Å²) >= 11 is 1.55. The van der Waals surface area contributed by atoms with Crippen LogP contribution in [0.2, 0.25) is 0 Å². The summed E-state index contributed by atoms with van der Waals surface area (Å²) in [6.07, 6.45) is 6.20. The number of ether oxygens (including phenoxy) is 2. The Kier molecular flexibility index (Phi) is 11.5. The highest BCUT2D eigenvalue weighted by Gasteiger charge is 2.32. The number of thioether (sulfide) groups is 1. The summed E-state index contributed by atoms with van der Waals surface area (Å²) in [4.78, 5) is 31.9. The van der Waals surface area contributed by atoms with Crippen molar-refractivity contribution < 1.29 is 24.2 Å². The van der Waals surface area contributed by atoms with Gasteiger partial charge in [0.15, 0.2) is 11.4 Å². The molecule has 10 heteroatoms. The number of benzene rings is 2. The van der Waals surface area contributed by atoms with Crippen molar-refractivity contribution in [1.29, 1.82) is 0 Å². The van der Waals surface area contributed by atoms with Crippen molar-refractivity contribution in [3.63, 3.8) is 0 Å². The number of aromatic nitrogens is 2. The number of aliphatic hydroxyl groups is 1. The second-order valence-corrected chi connectivity index (χ2v) is 10.6. The number of carbonyl (C=O) groups is 2. The highest BCUT2D eigenvalue weighted by Crippen LogP contribution is 2.39. The van der Waals surface area contributed by atoms with Crippen molar-refractivity contribution in [2.75, 3.05) is 17.6 Å². The normalized spacial score (nSPS) is 18.7. The van der Waals surface area contributed by atoms with Crippen molar-refractivity contribution in [2.45, 2.75) is 69.3 Å². The molecular weight excluding hydrogens is 528 g/mol.